The minimum Gasteiger partial charge on any atom is -0.481 e. The summed E-state index contributed by atoms with van der Waals surface area (Å²) >= 11 is 0. The van der Waals surface area contributed by atoms with Crippen molar-refractivity contribution in [1.82, 2.24) is 9.97 Å². The van der Waals surface area contributed by atoms with E-state index in [0.717, 1.165) is 22.6 Å². The van der Waals surface area contributed by atoms with E-state index < -0.39 is 0 Å². The first kappa shape index (κ1) is 13.8. The Morgan fingerprint density at radius 1 is 1.40 bits per heavy atom. The van der Waals surface area contributed by atoms with Crippen molar-refractivity contribution in [3.63, 3.8) is 0 Å². The Kier molecular flexibility index (Phi) is 4.16. The van der Waals surface area contributed by atoms with Gasteiger partial charge in [-0.05, 0) is 26.0 Å². The van der Waals surface area contributed by atoms with Crippen LogP contribution in [0.15, 0.2) is 24.4 Å². The van der Waals surface area contributed by atoms with Gasteiger partial charge in [-0.1, -0.05) is 6.07 Å². The Morgan fingerprint density at radius 2 is 2.20 bits per heavy atom. The lowest BCUT2D eigenvalue weighted by atomic mass is 10.1. The number of aromatic nitrogens is 2. The molecule has 0 aliphatic carbocycles. The van der Waals surface area contributed by atoms with Gasteiger partial charge in [0.2, 0.25) is 5.88 Å². The number of pyridine rings is 2. The fourth-order valence-electron chi connectivity index (χ4n) is 2.04. The van der Waals surface area contributed by atoms with Crippen molar-refractivity contribution in [2.45, 2.75) is 20.4 Å². The third kappa shape index (κ3) is 2.86. The zero-order valence-electron chi connectivity index (χ0n) is 11.8. The summed E-state index contributed by atoms with van der Waals surface area (Å²) in [6.45, 7) is 4.28. The van der Waals surface area contributed by atoms with Gasteiger partial charge in [0, 0.05) is 24.0 Å². The van der Waals surface area contributed by atoms with E-state index in [-0.39, 0.29) is 0 Å². The van der Waals surface area contributed by atoms with Crippen LogP contribution in [0.4, 0.5) is 5.69 Å². The quantitative estimate of drug-likeness (QED) is 0.922. The Bertz CT molecular complexity index is 661. The van der Waals surface area contributed by atoms with E-state index in [2.05, 4.69) is 21.4 Å². The van der Waals surface area contributed by atoms with Crippen molar-refractivity contribution in [2.24, 2.45) is 0 Å². The van der Waals surface area contributed by atoms with Crippen molar-refractivity contribution in [1.29, 1.82) is 5.26 Å². The number of aryl methyl sites for hydroxylation is 2. The number of nitrogens with one attached hydrogen (secondary N) is 1. The van der Waals surface area contributed by atoms with Gasteiger partial charge < -0.3 is 10.1 Å². The van der Waals surface area contributed by atoms with E-state index in [1.165, 1.54) is 0 Å². The van der Waals surface area contributed by atoms with Crippen LogP contribution in [0.1, 0.15) is 22.5 Å². The fraction of sp³-hybridized carbons (Fsp3) is 0.267. The lowest BCUT2D eigenvalue weighted by molar-refractivity contribution is 0.393. The Labute approximate surface area is 118 Å². The molecular formula is C15H16N4O. The van der Waals surface area contributed by atoms with Crippen molar-refractivity contribution in [3.05, 3.63) is 46.9 Å². The van der Waals surface area contributed by atoms with Crippen LogP contribution in [0.5, 0.6) is 5.88 Å². The number of methoxy groups -OCH3 is 1. The summed E-state index contributed by atoms with van der Waals surface area (Å²) in [5.41, 5.74) is 3.89. The zero-order chi connectivity index (χ0) is 14.5. The summed E-state index contributed by atoms with van der Waals surface area (Å²) < 4.78 is 5.21. The zero-order valence-corrected chi connectivity index (χ0v) is 11.8. The van der Waals surface area contributed by atoms with E-state index in [1.807, 2.05) is 32.0 Å². The molecule has 0 radical (unpaired) electrons. The maximum Gasteiger partial charge on any atom is 0.218 e. The average Bonchev–Trinajstić information content (AvgIpc) is 2.45. The second-order valence-electron chi connectivity index (χ2n) is 4.41. The standard InChI is InChI=1S/C15H16N4O/c1-10-7-14(13(8-16)11(2)19-10)18-9-12-5-4-6-17-15(12)20-3/h4-7H,9H2,1-3H3,(H,18,19). The van der Waals surface area contributed by atoms with Gasteiger partial charge in [0.15, 0.2) is 0 Å². The predicted octanol–water partition coefficient (Wildman–Crippen LogP) is 2.59. The second-order valence-corrected chi connectivity index (χ2v) is 4.41. The first-order valence-corrected chi connectivity index (χ1v) is 6.25. The monoisotopic (exact) mass is 268 g/mol. The molecule has 0 unspecified atom stereocenters. The molecule has 0 bridgehead atoms. The maximum absolute atomic E-state index is 9.22. The highest BCUT2D eigenvalue weighted by Crippen LogP contribution is 2.21. The molecule has 2 aromatic rings. The molecule has 0 fully saturated rings. The first-order chi connectivity index (χ1) is 9.65. The van der Waals surface area contributed by atoms with E-state index in [4.69, 9.17) is 4.74 Å². The second kappa shape index (κ2) is 6.02. The van der Waals surface area contributed by atoms with Gasteiger partial charge in [-0.3, -0.25) is 4.98 Å². The highest BCUT2D eigenvalue weighted by atomic mass is 16.5. The fourth-order valence-corrected chi connectivity index (χ4v) is 2.04. The highest BCUT2D eigenvalue weighted by molar-refractivity contribution is 5.60. The molecule has 0 spiro atoms. The van der Waals surface area contributed by atoms with Gasteiger partial charge in [0.25, 0.3) is 0 Å². The van der Waals surface area contributed by atoms with E-state index >= 15 is 0 Å². The minimum atomic E-state index is 0.536. The topological polar surface area (TPSA) is 70.8 Å². The van der Waals surface area contributed by atoms with Crippen molar-refractivity contribution in [3.8, 4) is 11.9 Å². The largest absolute Gasteiger partial charge is 0.481 e. The van der Waals surface area contributed by atoms with Gasteiger partial charge >= 0.3 is 0 Å². The molecule has 5 nitrogen and oxygen atoms in total. The van der Waals surface area contributed by atoms with Gasteiger partial charge in [0.05, 0.1) is 24.1 Å². The number of nitriles is 1. The van der Waals surface area contributed by atoms with Crippen molar-refractivity contribution < 1.29 is 4.74 Å². The Morgan fingerprint density at radius 3 is 2.90 bits per heavy atom. The molecule has 0 amide bonds. The van der Waals surface area contributed by atoms with E-state index in [0.29, 0.717) is 18.0 Å². The molecule has 0 aliphatic heterocycles. The molecule has 0 aromatic carbocycles. The third-order valence-electron chi connectivity index (χ3n) is 2.95. The molecule has 5 heteroatoms. The summed E-state index contributed by atoms with van der Waals surface area (Å²) in [6, 6.07) is 7.84. The van der Waals surface area contributed by atoms with Crippen LogP contribution in [0, 0.1) is 25.2 Å². The van der Waals surface area contributed by atoms with Crippen LogP contribution >= 0.6 is 0 Å². The minimum absolute atomic E-state index is 0.536. The van der Waals surface area contributed by atoms with Crippen LogP contribution in [0.2, 0.25) is 0 Å². The normalized spacial score (nSPS) is 9.90. The molecule has 2 rings (SSSR count). The van der Waals surface area contributed by atoms with E-state index in [1.54, 1.807) is 13.3 Å². The third-order valence-corrected chi connectivity index (χ3v) is 2.95. The summed E-state index contributed by atoms with van der Waals surface area (Å²) in [6.07, 6.45) is 1.68. The smallest absolute Gasteiger partial charge is 0.218 e. The first-order valence-electron chi connectivity index (χ1n) is 6.25. The lowest BCUT2D eigenvalue weighted by Gasteiger charge is -2.12. The predicted molar refractivity (Wildman–Crippen MR) is 76.5 cm³/mol. The Balaban J connectivity index is 2.25. The van der Waals surface area contributed by atoms with Gasteiger partial charge in [-0.2, -0.15) is 5.26 Å². The van der Waals surface area contributed by atoms with Crippen LogP contribution in [0.3, 0.4) is 0 Å². The number of anilines is 1. The molecule has 2 heterocycles. The highest BCUT2D eigenvalue weighted by Gasteiger charge is 2.09. The van der Waals surface area contributed by atoms with Crippen LogP contribution in [-0.2, 0) is 6.54 Å². The summed E-state index contributed by atoms with van der Waals surface area (Å²) in [5.74, 6) is 0.584. The van der Waals surface area contributed by atoms with Crippen molar-refractivity contribution in [2.75, 3.05) is 12.4 Å². The lowest BCUT2D eigenvalue weighted by Crippen LogP contribution is -2.06. The summed E-state index contributed by atoms with van der Waals surface area (Å²) in [4.78, 5) is 8.44. The molecular weight excluding hydrogens is 252 g/mol. The van der Waals surface area contributed by atoms with E-state index in [9.17, 15) is 5.26 Å². The Hall–Kier alpha value is -2.61. The van der Waals surface area contributed by atoms with Crippen molar-refractivity contribution >= 4 is 5.69 Å². The maximum atomic E-state index is 9.22. The molecule has 102 valence electrons. The van der Waals surface area contributed by atoms with Crippen LogP contribution in [-0.4, -0.2) is 17.1 Å². The molecule has 0 saturated carbocycles. The molecule has 0 saturated heterocycles. The van der Waals surface area contributed by atoms with Gasteiger partial charge in [0.1, 0.15) is 6.07 Å². The molecule has 2 aromatic heterocycles. The number of hydrogen-bond acceptors (Lipinski definition) is 5. The number of nitrogens with zero attached hydrogens (tertiary/aromatic N) is 3. The summed E-state index contributed by atoms with van der Waals surface area (Å²) in [7, 11) is 1.59. The molecule has 1 N–H and O–H groups in total. The number of ether oxygens (including phenoxy) is 1. The summed E-state index contributed by atoms with van der Waals surface area (Å²) in [5, 5.41) is 12.5. The van der Waals surface area contributed by atoms with Crippen LogP contribution in [0.25, 0.3) is 0 Å². The number of rotatable bonds is 4. The molecule has 0 aliphatic rings. The molecule has 20 heavy (non-hydrogen) atoms. The SMILES string of the molecule is COc1ncccc1CNc1cc(C)nc(C)c1C#N. The molecule has 0 atom stereocenters. The number of hydrogen-bond donors (Lipinski definition) is 1. The van der Waals surface area contributed by atoms with Crippen LogP contribution < -0.4 is 10.1 Å². The van der Waals surface area contributed by atoms with Gasteiger partial charge in [-0.25, -0.2) is 4.98 Å². The van der Waals surface area contributed by atoms with Gasteiger partial charge in [-0.15, -0.1) is 0 Å². The average molecular weight is 268 g/mol.